The molecule has 5 nitrogen and oxygen atoms in total. The van der Waals surface area contributed by atoms with Crippen molar-refractivity contribution < 1.29 is 22.3 Å². The lowest BCUT2D eigenvalue weighted by molar-refractivity contribution is -0.253. The average Bonchev–Trinajstić information content (AvgIpc) is 3.16. The molecule has 4 aromatic rings. The van der Waals surface area contributed by atoms with E-state index in [1.54, 1.807) is 17.4 Å². The number of aromatic nitrogens is 4. The molecule has 0 unspecified atom stereocenters. The van der Waals surface area contributed by atoms with E-state index in [1.165, 1.54) is 29.0 Å². The van der Waals surface area contributed by atoms with Crippen molar-refractivity contribution in [2.45, 2.75) is 26.4 Å². The lowest BCUT2D eigenvalue weighted by Gasteiger charge is -2.16. The monoisotopic (exact) mass is 396 g/mol. The zero-order chi connectivity index (χ0) is 19.3. The maximum atomic E-state index is 13.1. The normalized spacial score (nSPS) is 12.4. The highest BCUT2D eigenvalue weighted by atomic mass is 32.1. The van der Waals surface area contributed by atoms with Crippen LogP contribution in [0.1, 0.15) is 10.4 Å². The van der Waals surface area contributed by atoms with Crippen molar-refractivity contribution in [1.29, 1.82) is 0 Å². The number of benzene rings is 1. The molecule has 0 radical (unpaired) electrons. The number of aryl methyl sites for hydroxylation is 2. The van der Waals surface area contributed by atoms with Crippen molar-refractivity contribution >= 4 is 27.2 Å². The van der Waals surface area contributed by atoms with Gasteiger partial charge in [-0.05, 0) is 31.5 Å². The summed E-state index contributed by atoms with van der Waals surface area (Å²) in [6, 6.07) is 5.35. The smallest absolute Gasteiger partial charge is 0.428 e. The third-order valence-electron chi connectivity index (χ3n) is 4.11. The van der Waals surface area contributed by atoms with Crippen LogP contribution in [0.15, 0.2) is 30.6 Å². The number of fused-ring (bicyclic) bond motifs is 3. The summed E-state index contributed by atoms with van der Waals surface area (Å²) in [7, 11) is 0. The molecular weight excluding hydrogens is 384 g/mol. The van der Waals surface area contributed by atoms with Crippen LogP contribution in [-0.2, 0) is 0 Å². The first kappa shape index (κ1) is 17.7. The van der Waals surface area contributed by atoms with Gasteiger partial charge in [-0.25, -0.2) is 14.5 Å². The predicted octanol–water partition coefficient (Wildman–Crippen LogP) is 4.86. The van der Waals surface area contributed by atoms with Crippen LogP contribution < -0.4 is 4.74 Å². The quantitative estimate of drug-likeness (QED) is 0.463. The molecule has 0 atom stereocenters. The van der Waals surface area contributed by atoms with E-state index in [0.29, 0.717) is 11.2 Å². The summed E-state index contributed by atoms with van der Waals surface area (Å²) in [4.78, 5) is 10.8. The van der Waals surface area contributed by atoms with Gasteiger partial charge in [0.25, 0.3) is 0 Å². The molecule has 27 heavy (non-hydrogen) atoms. The first-order valence-electron chi connectivity index (χ1n) is 7.83. The number of ether oxygens (including phenoxy) is 1. The molecule has 0 aliphatic heterocycles. The molecule has 0 aliphatic rings. The molecule has 1 aromatic carbocycles. The van der Waals surface area contributed by atoms with E-state index in [0.717, 1.165) is 20.7 Å². The molecule has 0 bridgehead atoms. The van der Waals surface area contributed by atoms with E-state index >= 15 is 0 Å². The standard InChI is InChI=1S/C17H12F4N4OS/c1-8-9(2)27-15-12(8)14-23-13(24-25(14)7-22-15)10-4-3-5-11(6-10)26-17(20,21)16(18)19/h3-7,16H,1-2H3. The second-order valence-corrected chi connectivity index (χ2v) is 7.11. The molecule has 3 heterocycles. The van der Waals surface area contributed by atoms with Gasteiger partial charge in [-0.3, -0.25) is 0 Å². The van der Waals surface area contributed by atoms with Gasteiger partial charge in [0.05, 0.1) is 5.39 Å². The minimum Gasteiger partial charge on any atom is -0.428 e. The van der Waals surface area contributed by atoms with Gasteiger partial charge in [-0.2, -0.15) is 17.6 Å². The molecule has 0 spiro atoms. The van der Waals surface area contributed by atoms with E-state index in [-0.39, 0.29) is 5.82 Å². The highest BCUT2D eigenvalue weighted by Crippen LogP contribution is 2.33. The number of nitrogens with zero attached hydrogens (tertiary/aromatic N) is 4. The van der Waals surface area contributed by atoms with Gasteiger partial charge in [0.1, 0.15) is 16.9 Å². The molecule has 0 saturated carbocycles. The summed E-state index contributed by atoms with van der Waals surface area (Å²) < 4.78 is 56.6. The van der Waals surface area contributed by atoms with E-state index in [1.807, 2.05) is 13.8 Å². The zero-order valence-corrected chi connectivity index (χ0v) is 14.9. The zero-order valence-electron chi connectivity index (χ0n) is 14.1. The number of alkyl halides is 4. The van der Waals surface area contributed by atoms with Crippen LogP contribution in [0.2, 0.25) is 0 Å². The Morgan fingerprint density at radius 3 is 2.74 bits per heavy atom. The van der Waals surface area contributed by atoms with Crippen LogP contribution >= 0.6 is 11.3 Å². The van der Waals surface area contributed by atoms with Crippen molar-refractivity contribution in [2.24, 2.45) is 0 Å². The third kappa shape index (κ3) is 2.99. The van der Waals surface area contributed by atoms with E-state index in [4.69, 9.17) is 0 Å². The number of halogens is 4. The largest absolute Gasteiger partial charge is 0.461 e. The molecule has 0 amide bonds. The van der Waals surface area contributed by atoms with Gasteiger partial charge in [0.15, 0.2) is 11.5 Å². The van der Waals surface area contributed by atoms with Crippen molar-refractivity contribution in [1.82, 2.24) is 19.6 Å². The van der Waals surface area contributed by atoms with Crippen molar-refractivity contribution in [3.63, 3.8) is 0 Å². The number of hydrogen-bond acceptors (Lipinski definition) is 5. The summed E-state index contributed by atoms with van der Waals surface area (Å²) in [6.07, 6.45) is -6.99. The van der Waals surface area contributed by atoms with Gasteiger partial charge in [-0.15, -0.1) is 16.4 Å². The number of thiophene rings is 1. The Labute approximate surface area is 154 Å². The molecular formula is C17H12F4N4OS. The molecule has 0 N–H and O–H groups in total. The van der Waals surface area contributed by atoms with E-state index in [9.17, 15) is 17.6 Å². The second-order valence-electron chi connectivity index (χ2n) is 5.90. The van der Waals surface area contributed by atoms with Crippen LogP contribution in [0.5, 0.6) is 5.75 Å². The number of hydrogen-bond donors (Lipinski definition) is 0. The van der Waals surface area contributed by atoms with Gasteiger partial charge in [0, 0.05) is 10.4 Å². The maximum absolute atomic E-state index is 13.1. The Bertz CT molecular complexity index is 1150. The fraction of sp³-hybridized carbons (Fsp3) is 0.235. The lowest BCUT2D eigenvalue weighted by Crippen LogP contribution is -2.33. The summed E-state index contributed by atoms with van der Waals surface area (Å²) >= 11 is 1.54. The fourth-order valence-corrected chi connectivity index (χ4v) is 3.66. The maximum Gasteiger partial charge on any atom is 0.461 e. The molecule has 4 rings (SSSR count). The average molecular weight is 396 g/mol. The molecule has 0 aliphatic carbocycles. The van der Waals surface area contributed by atoms with Crippen molar-refractivity contribution in [3.8, 4) is 17.1 Å². The van der Waals surface area contributed by atoms with Gasteiger partial charge in [-0.1, -0.05) is 12.1 Å². The minimum absolute atomic E-state index is 0.248. The first-order valence-corrected chi connectivity index (χ1v) is 8.64. The number of rotatable bonds is 4. The molecule has 3 aromatic heterocycles. The Morgan fingerprint density at radius 1 is 1.22 bits per heavy atom. The summed E-state index contributed by atoms with van der Waals surface area (Å²) in [5.74, 6) is -0.152. The Balaban J connectivity index is 1.79. The van der Waals surface area contributed by atoms with Crippen molar-refractivity contribution in [2.75, 3.05) is 0 Å². The van der Waals surface area contributed by atoms with Crippen LogP contribution in [0.3, 0.4) is 0 Å². The third-order valence-corrected chi connectivity index (χ3v) is 5.22. The van der Waals surface area contributed by atoms with Crippen LogP contribution in [0.4, 0.5) is 17.6 Å². The minimum atomic E-state index is -4.58. The van der Waals surface area contributed by atoms with Crippen molar-refractivity contribution in [3.05, 3.63) is 41.0 Å². The fourth-order valence-electron chi connectivity index (χ4n) is 2.67. The Kier molecular flexibility index (Phi) is 4.02. The van der Waals surface area contributed by atoms with E-state index in [2.05, 4.69) is 19.8 Å². The lowest BCUT2D eigenvalue weighted by atomic mass is 10.2. The first-order chi connectivity index (χ1) is 12.8. The highest BCUT2D eigenvalue weighted by Gasteiger charge is 2.44. The summed E-state index contributed by atoms with van der Waals surface area (Å²) in [5.41, 5.74) is 1.99. The molecule has 0 saturated heterocycles. The Hall–Kier alpha value is -2.75. The Morgan fingerprint density at radius 2 is 2.00 bits per heavy atom. The SMILES string of the molecule is Cc1sc2ncn3nc(-c4cccc(OC(F)(F)C(F)F)c4)nc3c2c1C. The van der Waals surface area contributed by atoms with Gasteiger partial charge < -0.3 is 4.74 Å². The second kappa shape index (κ2) is 6.15. The molecule has 0 fully saturated rings. The summed E-state index contributed by atoms with van der Waals surface area (Å²) in [5, 5.41) is 5.18. The molecule has 10 heteroatoms. The highest BCUT2D eigenvalue weighted by molar-refractivity contribution is 7.18. The van der Waals surface area contributed by atoms with Gasteiger partial charge >= 0.3 is 12.5 Å². The summed E-state index contributed by atoms with van der Waals surface area (Å²) in [6.45, 7) is 3.95. The van der Waals surface area contributed by atoms with Crippen LogP contribution in [0, 0.1) is 13.8 Å². The predicted molar refractivity (Wildman–Crippen MR) is 92.7 cm³/mol. The topological polar surface area (TPSA) is 52.3 Å². The van der Waals surface area contributed by atoms with Crippen LogP contribution in [0.25, 0.3) is 27.3 Å². The van der Waals surface area contributed by atoms with E-state index < -0.39 is 18.3 Å². The van der Waals surface area contributed by atoms with Gasteiger partial charge in [0.2, 0.25) is 0 Å². The van der Waals surface area contributed by atoms with Crippen LogP contribution in [-0.4, -0.2) is 32.1 Å². The molecule has 140 valence electrons.